The summed E-state index contributed by atoms with van der Waals surface area (Å²) in [4.78, 5) is 22.5. The summed E-state index contributed by atoms with van der Waals surface area (Å²) in [7, 11) is 1.26. The van der Waals surface area contributed by atoms with E-state index in [-0.39, 0.29) is 11.6 Å². The Kier molecular flexibility index (Phi) is 10.6. The van der Waals surface area contributed by atoms with Gasteiger partial charge in [0.25, 0.3) is 0 Å². The number of hydrogen-bond donors (Lipinski definition) is 1. The quantitative estimate of drug-likeness (QED) is 0.271. The molecule has 0 aromatic rings. The number of allylic oxidation sites excluding steroid dienone is 1. The molecule has 0 aliphatic carbocycles. The minimum atomic E-state index is -0.601. The summed E-state index contributed by atoms with van der Waals surface area (Å²) in [5.74, 6) is -0.780. The van der Waals surface area contributed by atoms with Gasteiger partial charge in [-0.3, -0.25) is 4.79 Å². The van der Waals surface area contributed by atoms with Crippen molar-refractivity contribution in [3.63, 3.8) is 0 Å². The molecular formula is C15H25NO3. The van der Waals surface area contributed by atoms with E-state index in [1.807, 2.05) is 6.08 Å². The molecule has 0 aliphatic heterocycles. The Morgan fingerprint density at radius 3 is 2.26 bits per heavy atom. The van der Waals surface area contributed by atoms with Gasteiger partial charge in [0.05, 0.1) is 7.11 Å². The third-order valence-electron chi connectivity index (χ3n) is 2.78. The SMILES string of the molecule is C=CCCCCCCCCC(=O)NC(=C)C(=O)OC. The zero-order chi connectivity index (χ0) is 14.5. The number of esters is 1. The summed E-state index contributed by atoms with van der Waals surface area (Å²) < 4.78 is 4.44. The maximum atomic E-state index is 11.5. The van der Waals surface area contributed by atoms with Crippen molar-refractivity contribution >= 4 is 11.9 Å². The van der Waals surface area contributed by atoms with Crippen molar-refractivity contribution in [1.82, 2.24) is 5.32 Å². The molecule has 4 heteroatoms. The van der Waals surface area contributed by atoms with E-state index in [2.05, 4.69) is 23.2 Å². The first-order valence-electron chi connectivity index (χ1n) is 6.79. The van der Waals surface area contributed by atoms with Gasteiger partial charge in [0.1, 0.15) is 5.70 Å². The number of carbonyl (C=O) groups is 2. The van der Waals surface area contributed by atoms with Gasteiger partial charge in [-0.1, -0.05) is 38.3 Å². The van der Waals surface area contributed by atoms with Crippen LogP contribution < -0.4 is 5.32 Å². The van der Waals surface area contributed by atoms with Gasteiger partial charge in [-0.2, -0.15) is 0 Å². The maximum absolute atomic E-state index is 11.5. The smallest absolute Gasteiger partial charge is 0.353 e. The van der Waals surface area contributed by atoms with Crippen LogP contribution in [-0.4, -0.2) is 19.0 Å². The van der Waals surface area contributed by atoms with Crippen molar-refractivity contribution in [3.05, 3.63) is 24.9 Å². The summed E-state index contributed by atoms with van der Waals surface area (Å²) in [6.45, 7) is 7.12. The average molecular weight is 267 g/mol. The van der Waals surface area contributed by atoms with Crippen molar-refractivity contribution in [3.8, 4) is 0 Å². The molecular weight excluding hydrogens is 242 g/mol. The second-order valence-electron chi connectivity index (χ2n) is 4.47. The van der Waals surface area contributed by atoms with Crippen LogP contribution in [0.4, 0.5) is 0 Å². The molecule has 0 saturated carbocycles. The van der Waals surface area contributed by atoms with Crippen LogP contribution in [0.5, 0.6) is 0 Å². The third kappa shape index (κ3) is 10.1. The molecule has 0 spiro atoms. The lowest BCUT2D eigenvalue weighted by Crippen LogP contribution is -2.27. The lowest BCUT2D eigenvalue weighted by atomic mass is 10.1. The van der Waals surface area contributed by atoms with E-state index in [4.69, 9.17) is 0 Å². The third-order valence-corrected chi connectivity index (χ3v) is 2.78. The minimum absolute atomic E-state index is 0.00285. The van der Waals surface area contributed by atoms with Crippen LogP contribution in [0.25, 0.3) is 0 Å². The van der Waals surface area contributed by atoms with Crippen molar-refractivity contribution in [2.45, 2.75) is 51.4 Å². The van der Waals surface area contributed by atoms with E-state index >= 15 is 0 Å². The minimum Gasteiger partial charge on any atom is -0.464 e. The van der Waals surface area contributed by atoms with Crippen LogP contribution >= 0.6 is 0 Å². The van der Waals surface area contributed by atoms with Crippen LogP contribution in [0.2, 0.25) is 0 Å². The molecule has 0 rings (SSSR count). The molecule has 0 saturated heterocycles. The Balaban J connectivity index is 3.46. The summed E-state index contributed by atoms with van der Waals surface area (Å²) in [5, 5.41) is 2.43. The van der Waals surface area contributed by atoms with Crippen molar-refractivity contribution < 1.29 is 14.3 Å². The molecule has 1 N–H and O–H groups in total. The van der Waals surface area contributed by atoms with Gasteiger partial charge < -0.3 is 10.1 Å². The number of ether oxygens (including phenoxy) is 1. The van der Waals surface area contributed by atoms with Crippen molar-refractivity contribution in [2.75, 3.05) is 7.11 Å². The normalized spacial score (nSPS) is 9.74. The number of hydrogen-bond acceptors (Lipinski definition) is 3. The second-order valence-corrected chi connectivity index (χ2v) is 4.47. The van der Waals surface area contributed by atoms with Crippen LogP contribution in [0.1, 0.15) is 51.4 Å². The Morgan fingerprint density at radius 2 is 1.68 bits per heavy atom. The number of nitrogens with one attached hydrogen (secondary N) is 1. The highest BCUT2D eigenvalue weighted by Crippen LogP contribution is 2.08. The Labute approximate surface area is 115 Å². The maximum Gasteiger partial charge on any atom is 0.353 e. The first kappa shape index (κ1) is 17.4. The molecule has 0 unspecified atom stereocenters. The van der Waals surface area contributed by atoms with Crippen molar-refractivity contribution in [2.24, 2.45) is 0 Å². The molecule has 0 aliphatic rings. The van der Waals surface area contributed by atoms with Gasteiger partial charge in [0.2, 0.25) is 5.91 Å². The van der Waals surface area contributed by atoms with E-state index in [9.17, 15) is 9.59 Å². The monoisotopic (exact) mass is 267 g/mol. The highest BCUT2D eigenvalue weighted by atomic mass is 16.5. The molecule has 0 heterocycles. The molecule has 19 heavy (non-hydrogen) atoms. The highest BCUT2D eigenvalue weighted by molar-refractivity contribution is 5.93. The fraction of sp³-hybridized carbons (Fsp3) is 0.600. The Hall–Kier alpha value is -1.58. The fourth-order valence-electron chi connectivity index (χ4n) is 1.69. The Bertz CT molecular complexity index is 311. The van der Waals surface area contributed by atoms with Crippen LogP contribution in [0.3, 0.4) is 0 Å². The number of carbonyl (C=O) groups excluding carboxylic acids is 2. The topological polar surface area (TPSA) is 55.4 Å². The lowest BCUT2D eigenvalue weighted by molar-refractivity contribution is -0.137. The molecule has 0 radical (unpaired) electrons. The van der Waals surface area contributed by atoms with Gasteiger partial charge in [0, 0.05) is 6.42 Å². The Morgan fingerprint density at radius 1 is 1.11 bits per heavy atom. The number of amides is 1. The summed E-state index contributed by atoms with van der Waals surface area (Å²) >= 11 is 0. The average Bonchev–Trinajstić information content (AvgIpc) is 2.40. The highest BCUT2D eigenvalue weighted by Gasteiger charge is 2.09. The zero-order valence-corrected chi connectivity index (χ0v) is 11.9. The first-order valence-corrected chi connectivity index (χ1v) is 6.79. The number of unbranched alkanes of at least 4 members (excludes halogenated alkanes) is 6. The molecule has 0 bridgehead atoms. The standard InChI is InChI=1S/C15H25NO3/c1-4-5-6-7-8-9-10-11-12-14(17)16-13(2)15(18)19-3/h4H,1-2,5-12H2,3H3,(H,16,17). The molecule has 0 aromatic heterocycles. The first-order chi connectivity index (χ1) is 9.11. The van der Waals surface area contributed by atoms with E-state index in [1.165, 1.54) is 26.4 Å². The van der Waals surface area contributed by atoms with E-state index in [0.29, 0.717) is 6.42 Å². The van der Waals surface area contributed by atoms with Crippen LogP contribution in [-0.2, 0) is 14.3 Å². The molecule has 0 aromatic carbocycles. The van der Waals surface area contributed by atoms with Gasteiger partial charge >= 0.3 is 5.97 Å². The lowest BCUT2D eigenvalue weighted by Gasteiger charge is -2.06. The predicted molar refractivity (Wildman–Crippen MR) is 76.4 cm³/mol. The van der Waals surface area contributed by atoms with E-state index < -0.39 is 5.97 Å². The van der Waals surface area contributed by atoms with Crippen LogP contribution in [0.15, 0.2) is 24.9 Å². The largest absolute Gasteiger partial charge is 0.464 e. The van der Waals surface area contributed by atoms with Gasteiger partial charge in [-0.15, -0.1) is 6.58 Å². The summed E-state index contributed by atoms with van der Waals surface area (Å²) in [6.07, 6.45) is 10.1. The van der Waals surface area contributed by atoms with E-state index in [0.717, 1.165) is 25.7 Å². The molecule has 0 fully saturated rings. The van der Waals surface area contributed by atoms with Crippen molar-refractivity contribution in [1.29, 1.82) is 0 Å². The molecule has 0 atom stereocenters. The van der Waals surface area contributed by atoms with Gasteiger partial charge in [-0.05, 0) is 19.3 Å². The fourth-order valence-corrected chi connectivity index (χ4v) is 1.69. The number of rotatable bonds is 11. The molecule has 1 amide bonds. The van der Waals surface area contributed by atoms with Gasteiger partial charge in [-0.25, -0.2) is 4.79 Å². The zero-order valence-electron chi connectivity index (χ0n) is 11.9. The molecule has 4 nitrogen and oxygen atoms in total. The number of methoxy groups -OCH3 is 1. The van der Waals surface area contributed by atoms with Crippen LogP contribution in [0, 0.1) is 0 Å². The van der Waals surface area contributed by atoms with Gasteiger partial charge in [0.15, 0.2) is 0 Å². The summed E-state index contributed by atoms with van der Waals surface area (Å²) in [6, 6.07) is 0. The molecule has 108 valence electrons. The predicted octanol–water partition coefficient (Wildman–Crippen LogP) is 3.10. The summed E-state index contributed by atoms with van der Waals surface area (Å²) in [5.41, 5.74) is -0.00285. The second kappa shape index (κ2) is 11.5. The van der Waals surface area contributed by atoms with E-state index in [1.54, 1.807) is 0 Å².